The number of rotatable bonds is 7. The standard InChI is InChI=1S/C12H17BrF3N3O/c1-3-6-20-10-7-9(2)17-11(18-10)19(5-4-13)8-12(14,15)16/h7H,3-6,8H2,1-2H3. The summed E-state index contributed by atoms with van der Waals surface area (Å²) in [5, 5.41) is 0.394. The first-order valence-electron chi connectivity index (χ1n) is 6.22. The molecule has 8 heteroatoms. The summed E-state index contributed by atoms with van der Waals surface area (Å²) >= 11 is 3.14. The van der Waals surface area contributed by atoms with Crippen LogP contribution in [0.2, 0.25) is 0 Å². The van der Waals surface area contributed by atoms with Crippen molar-refractivity contribution in [3.05, 3.63) is 11.8 Å². The van der Waals surface area contributed by atoms with E-state index < -0.39 is 12.7 Å². The van der Waals surface area contributed by atoms with Gasteiger partial charge in [0, 0.05) is 23.6 Å². The number of alkyl halides is 4. The van der Waals surface area contributed by atoms with Crippen molar-refractivity contribution in [1.29, 1.82) is 0 Å². The second-order valence-corrected chi connectivity index (χ2v) is 5.01. The highest BCUT2D eigenvalue weighted by Crippen LogP contribution is 2.22. The molecule has 1 rings (SSSR count). The molecule has 0 aliphatic carbocycles. The van der Waals surface area contributed by atoms with Crippen LogP contribution in [0.4, 0.5) is 19.1 Å². The van der Waals surface area contributed by atoms with E-state index in [9.17, 15) is 13.2 Å². The summed E-state index contributed by atoms with van der Waals surface area (Å²) in [4.78, 5) is 9.19. The SMILES string of the molecule is CCCOc1cc(C)nc(N(CCBr)CC(F)(F)F)n1. The van der Waals surface area contributed by atoms with Crippen molar-refractivity contribution in [2.45, 2.75) is 26.4 Å². The Hall–Kier alpha value is -1.05. The van der Waals surface area contributed by atoms with E-state index >= 15 is 0 Å². The van der Waals surface area contributed by atoms with Gasteiger partial charge in [0.05, 0.1) is 6.61 Å². The topological polar surface area (TPSA) is 38.2 Å². The van der Waals surface area contributed by atoms with Gasteiger partial charge in [-0.3, -0.25) is 0 Å². The maximum Gasteiger partial charge on any atom is 0.406 e. The van der Waals surface area contributed by atoms with Crippen LogP contribution in [-0.4, -0.2) is 41.2 Å². The van der Waals surface area contributed by atoms with E-state index in [1.54, 1.807) is 13.0 Å². The summed E-state index contributed by atoms with van der Waals surface area (Å²) in [7, 11) is 0. The Bertz CT molecular complexity index is 429. The van der Waals surface area contributed by atoms with Crippen LogP contribution in [0.3, 0.4) is 0 Å². The first-order valence-corrected chi connectivity index (χ1v) is 7.34. The van der Waals surface area contributed by atoms with Crippen LogP contribution in [0.1, 0.15) is 19.0 Å². The number of anilines is 1. The molecule has 114 valence electrons. The zero-order valence-electron chi connectivity index (χ0n) is 11.4. The molecule has 0 fully saturated rings. The average molecular weight is 356 g/mol. The van der Waals surface area contributed by atoms with Crippen LogP contribution >= 0.6 is 15.9 Å². The fourth-order valence-corrected chi connectivity index (χ4v) is 1.94. The van der Waals surface area contributed by atoms with Crippen LogP contribution in [0, 0.1) is 6.92 Å². The van der Waals surface area contributed by atoms with Gasteiger partial charge in [0.1, 0.15) is 6.54 Å². The Morgan fingerprint density at radius 2 is 2.05 bits per heavy atom. The van der Waals surface area contributed by atoms with Gasteiger partial charge in [-0.2, -0.15) is 18.2 Å². The summed E-state index contributed by atoms with van der Waals surface area (Å²) < 4.78 is 43.1. The van der Waals surface area contributed by atoms with Gasteiger partial charge < -0.3 is 9.64 Å². The minimum Gasteiger partial charge on any atom is -0.478 e. The van der Waals surface area contributed by atoms with Gasteiger partial charge in [-0.25, -0.2) is 4.98 Å². The molecule has 0 spiro atoms. The quantitative estimate of drug-likeness (QED) is 0.703. The van der Waals surface area contributed by atoms with E-state index in [0.717, 1.165) is 11.3 Å². The molecule has 1 aromatic heterocycles. The average Bonchev–Trinajstić information content (AvgIpc) is 2.33. The zero-order valence-corrected chi connectivity index (χ0v) is 13.0. The number of hydrogen-bond acceptors (Lipinski definition) is 4. The summed E-state index contributed by atoms with van der Waals surface area (Å²) in [6, 6.07) is 1.61. The molecule has 4 nitrogen and oxygen atoms in total. The molecule has 20 heavy (non-hydrogen) atoms. The predicted molar refractivity (Wildman–Crippen MR) is 74.6 cm³/mol. The number of hydrogen-bond donors (Lipinski definition) is 0. The number of halogens is 4. The molecule has 0 atom stereocenters. The van der Waals surface area contributed by atoms with Crippen LogP contribution in [0.25, 0.3) is 0 Å². The van der Waals surface area contributed by atoms with Crippen LogP contribution < -0.4 is 9.64 Å². The molecule has 0 saturated carbocycles. The molecule has 0 aromatic carbocycles. The molecule has 0 aliphatic heterocycles. The summed E-state index contributed by atoms with van der Waals surface area (Å²) in [5.74, 6) is 0.337. The summed E-state index contributed by atoms with van der Waals surface area (Å²) in [5.41, 5.74) is 0.572. The highest BCUT2D eigenvalue weighted by Gasteiger charge is 2.31. The molecular formula is C12H17BrF3N3O. The van der Waals surface area contributed by atoms with Gasteiger partial charge in [0.15, 0.2) is 0 Å². The first-order chi connectivity index (χ1) is 9.35. The fourth-order valence-electron chi connectivity index (χ4n) is 1.51. The fraction of sp³-hybridized carbons (Fsp3) is 0.667. The third kappa shape index (κ3) is 5.94. The molecule has 0 bridgehead atoms. The Morgan fingerprint density at radius 3 is 2.60 bits per heavy atom. The molecule has 1 aromatic rings. The third-order valence-corrected chi connectivity index (χ3v) is 2.64. The molecular weight excluding hydrogens is 339 g/mol. The summed E-state index contributed by atoms with van der Waals surface area (Å²) in [6.07, 6.45) is -3.51. The van der Waals surface area contributed by atoms with Crippen molar-refractivity contribution in [1.82, 2.24) is 9.97 Å². The molecule has 0 unspecified atom stereocenters. The normalized spacial score (nSPS) is 11.5. The zero-order chi connectivity index (χ0) is 15.2. The van der Waals surface area contributed by atoms with Crippen LogP contribution in [0.5, 0.6) is 5.88 Å². The molecule has 0 radical (unpaired) electrons. The number of ether oxygens (including phenoxy) is 1. The van der Waals surface area contributed by atoms with Gasteiger partial charge >= 0.3 is 6.18 Å². The second kappa shape index (κ2) is 7.66. The molecule has 0 aliphatic rings. The van der Waals surface area contributed by atoms with Gasteiger partial charge in [-0.1, -0.05) is 22.9 Å². The largest absolute Gasteiger partial charge is 0.478 e. The van der Waals surface area contributed by atoms with E-state index in [4.69, 9.17) is 4.74 Å². The second-order valence-electron chi connectivity index (χ2n) is 4.22. The molecule has 0 N–H and O–H groups in total. The Balaban J connectivity index is 2.96. The highest BCUT2D eigenvalue weighted by molar-refractivity contribution is 9.09. The first kappa shape index (κ1) is 17.0. The summed E-state index contributed by atoms with van der Waals surface area (Å²) in [6.45, 7) is 3.18. The minimum absolute atomic E-state index is 0.0351. The Morgan fingerprint density at radius 1 is 1.35 bits per heavy atom. The lowest BCUT2D eigenvalue weighted by molar-refractivity contribution is -0.119. The molecule has 0 saturated heterocycles. The molecule has 1 heterocycles. The van der Waals surface area contributed by atoms with E-state index in [1.807, 2.05) is 6.92 Å². The van der Waals surface area contributed by atoms with Gasteiger partial charge in [0.25, 0.3) is 0 Å². The number of aryl methyl sites for hydroxylation is 1. The number of aromatic nitrogens is 2. The Labute approximate surface area is 124 Å². The highest BCUT2D eigenvalue weighted by atomic mass is 79.9. The third-order valence-electron chi connectivity index (χ3n) is 2.28. The smallest absolute Gasteiger partial charge is 0.406 e. The van der Waals surface area contributed by atoms with Crippen molar-refractivity contribution in [2.24, 2.45) is 0 Å². The maximum absolute atomic E-state index is 12.6. The maximum atomic E-state index is 12.6. The van der Waals surface area contributed by atoms with Gasteiger partial charge in [-0.05, 0) is 13.3 Å². The van der Waals surface area contributed by atoms with Crippen molar-refractivity contribution >= 4 is 21.9 Å². The lowest BCUT2D eigenvalue weighted by Crippen LogP contribution is -2.36. The van der Waals surface area contributed by atoms with E-state index in [-0.39, 0.29) is 12.5 Å². The van der Waals surface area contributed by atoms with Crippen LogP contribution in [-0.2, 0) is 0 Å². The Kier molecular flexibility index (Phi) is 6.51. The van der Waals surface area contributed by atoms with Crippen molar-refractivity contribution in [2.75, 3.05) is 29.9 Å². The van der Waals surface area contributed by atoms with Crippen molar-refractivity contribution in [3.8, 4) is 5.88 Å². The van der Waals surface area contributed by atoms with E-state index in [2.05, 4.69) is 25.9 Å². The van der Waals surface area contributed by atoms with E-state index in [0.29, 0.717) is 23.5 Å². The predicted octanol–water partition coefficient (Wildman–Crippen LogP) is 3.34. The minimum atomic E-state index is -4.31. The molecule has 0 amide bonds. The monoisotopic (exact) mass is 355 g/mol. The van der Waals surface area contributed by atoms with Gasteiger partial charge in [0.2, 0.25) is 11.8 Å². The lowest BCUT2D eigenvalue weighted by atomic mass is 10.4. The number of nitrogens with zero attached hydrogens (tertiary/aromatic N) is 3. The van der Waals surface area contributed by atoms with Crippen molar-refractivity contribution in [3.63, 3.8) is 0 Å². The van der Waals surface area contributed by atoms with Gasteiger partial charge in [-0.15, -0.1) is 0 Å². The lowest BCUT2D eigenvalue weighted by Gasteiger charge is -2.23. The van der Waals surface area contributed by atoms with Crippen LogP contribution in [0.15, 0.2) is 6.07 Å². The van der Waals surface area contributed by atoms with E-state index in [1.165, 1.54) is 0 Å². The van der Waals surface area contributed by atoms with Crippen molar-refractivity contribution < 1.29 is 17.9 Å².